The molecule has 0 radical (unpaired) electrons. The van der Waals surface area contributed by atoms with Crippen molar-refractivity contribution in [1.82, 2.24) is 4.31 Å². The molecule has 0 aliphatic rings. The van der Waals surface area contributed by atoms with Gasteiger partial charge >= 0.3 is 0 Å². The highest BCUT2D eigenvalue weighted by Gasteiger charge is 2.23. The van der Waals surface area contributed by atoms with Gasteiger partial charge in [-0.25, -0.2) is 8.42 Å². The van der Waals surface area contributed by atoms with Crippen molar-refractivity contribution in [1.29, 1.82) is 0 Å². The summed E-state index contributed by atoms with van der Waals surface area (Å²) in [5, 5.41) is 2.69. The summed E-state index contributed by atoms with van der Waals surface area (Å²) in [6, 6.07) is 20.1. The molecule has 0 unspecified atom stereocenters. The summed E-state index contributed by atoms with van der Waals surface area (Å²) in [4.78, 5) is 12.6. The first-order valence-corrected chi connectivity index (χ1v) is 12.5. The molecule has 3 aromatic rings. The van der Waals surface area contributed by atoms with E-state index in [1.807, 2.05) is 19.1 Å². The third-order valence-corrected chi connectivity index (χ3v) is 7.44. The van der Waals surface area contributed by atoms with Crippen LogP contribution in [-0.2, 0) is 14.8 Å². The van der Waals surface area contributed by atoms with E-state index in [4.69, 9.17) is 9.47 Å². The first kappa shape index (κ1) is 25.3. The van der Waals surface area contributed by atoms with Crippen molar-refractivity contribution < 1.29 is 22.7 Å². The van der Waals surface area contributed by atoms with Crippen LogP contribution in [0.5, 0.6) is 11.5 Å². The maximum atomic E-state index is 12.8. The van der Waals surface area contributed by atoms with Gasteiger partial charge in [-0.15, -0.1) is 0 Å². The number of ether oxygens (including phenoxy) is 2. The van der Waals surface area contributed by atoms with Crippen LogP contribution in [0.15, 0.2) is 71.6 Å². The predicted octanol–water partition coefficient (Wildman–Crippen LogP) is 4.72. The Labute approximate surface area is 201 Å². The van der Waals surface area contributed by atoms with Crippen molar-refractivity contribution in [2.24, 2.45) is 0 Å². The molecule has 180 valence electrons. The Balaban J connectivity index is 1.68. The lowest BCUT2D eigenvalue weighted by Crippen LogP contribution is -2.30. The second-order valence-electron chi connectivity index (χ2n) is 7.68. The summed E-state index contributed by atoms with van der Waals surface area (Å²) < 4.78 is 37.9. The van der Waals surface area contributed by atoms with Crippen LogP contribution in [0.2, 0.25) is 0 Å². The van der Waals surface area contributed by atoms with Crippen molar-refractivity contribution in [2.75, 3.05) is 32.1 Å². The van der Waals surface area contributed by atoms with Crippen LogP contribution < -0.4 is 14.8 Å². The molecule has 0 aromatic heterocycles. The lowest BCUT2D eigenvalue weighted by atomic mass is 10.0. The summed E-state index contributed by atoms with van der Waals surface area (Å²) in [6.07, 6.45) is 0. The van der Waals surface area contributed by atoms with E-state index in [9.17, 15) is 13.2 Å². The molecule has 3 rings (SSSR count). The zero-order valence-electron chi connectivity index (χ0n) is 19.9. The number of rotatable bonds is 10. The van der Waals surface area contributed by atoms with Crippen molar-refractivity contribution >= 4 is 21.6 Å². The number of sulfonamides is 1. The molecule has 0 aliphatic carbocycles. The fourth-order valence-corrected chi connectivity index (χ4v) is 4.97. The minimum absolute atomic E-state index is 0.0833. The van der Waals surface area contributed by atoms with Gasteiger partial charge in [0.25, 0.3) is 5.91 Å². The summed E-state index contributed by atoms with van der Waals surface area (Å²) >= 11 is 0. The number of aryl methyl sites for hydroxylation is 1. The van der Waals surface area contributed by atoms with Gasteiger partial charge in [-0.1, -0.05) is 55.8 Å². The molecule has 0 heterocycles. The number of methoxy groups -OCH3 is 1. The molecular formula is C26H30N2O5S. The molecule has 0 fully saturated rings. The molecule has 0 bridgehead atoms. The van der Waals surface area contributed by atoms with Gasteiger partial charge in [0, 0.05) is 13.1 Å². The van der Waals surface area contributed by atoms with E-state index in [0.717, 1.165) is 11.1 Å². The number of nitrogens with one attached hydrogen (secondary N) is 1. The molecule has 0 saturated carbocycles. The minimum Gasteiger partial charge on any atom is -0.495 e. The van der Waals surface area contributed by atoms with Crippen LogP contribution >= 0.6 is 0 Å². The van der Waals surface area contributed by atoms with Crippen molar-refractivity contribution in [3.05, 3.63) is 72.3 Å². The molecule has 3 aromatic carbocycles. The highest BCUT2D eigenvalue weighted by Crippen LogP contribution is 2.29. The zero-order valence-corrected chi connectivity index (χ0v) is 20.7. The van der Waals surface area contributed by atoms with Gasteiger partial charge in [-0.2, -0.15) is 4.31 Å². The summed E-state index contributed by atoms with van der Waals surface area (Å²) in [7, 11) is -2.22. The number of nitrogens with zero attached hydrogens (tertiary/aromatic N) is 1. The Morgan fingerprint density at radius 3 is 2.06 bits per heavy atom. The third-order valence-electron chi connectivity index (χ3n) is 5.40. The standard InChI is InChI=1S/C26H30N2O5S/c1-5-28(6-2)34(30,31)23-15-16-25(32-4)24(17-23)27-26(29)18-33-22-13-11-21(12-14-22)20-9-7-19(3)8-10-20/h7-17H,5-6,18H2,1-4H3,(H,27,29). The van der Waals surface area contributed by atoms with E-state index in [1.165, 1.54) is 35.2 Å². The number of carbonyl (C=O) groups is 1. The van der Waals surface area contributed by atoms with E-state index < -0.39 is 15.9 Å². The Morgan fingerprint density at radius 2 is 1.50 bits per heavy atom. The monoisotopic (exact) mass is 482 g/mol. The van der Waals surface area contributed by atoms with Crippen LogP contribution in [0.25, 0.3) is 11.1 Å². The predicted molar refractivity (Wildman–Crippen MR) is 134 cm³/mol. The molecule has 1 N–H and O–H groups in total. The number of benzene rings is 3. The first-order chi connectivity index (χ1) is 16.3. The highest BCUT2D eigenvalue weighted by atomic mass is 32.2. The third kappa shape index (κ3) is 5.95. The van der Waals surface area contributed by atoms with Gasteiger partial charge < -0.3 is 14.8 Å². The topological polar surface area (TPSA) is 84.9 Å². The van der Waals surface area contributed by atoms with E-state index in [-0.39, 0.29) is 17.2 Å². The van der Waals surface area contributed by atoms with Gasteiger partial charge in [0.1, 0.15) is 11.5 Å². The first-order valence-electron chi connectivity index (χ1n) is 11.1. The van der Waals surface area contributed by atoms with Crippen LogP contribution in [-0.4, -0.2) is 45.4 Å². The summed E-state index contributed by atoms with van der Waals surface area (Å²) in [6.45, 7) is 6.06. The molecular weight excluding hydrogens is 452 g/mol. The quantitative estimate of drug-likeness (QED) is 0.452. The second-order valence-corrected chi connectivity index (χ2v) is 9.62. The number of hydrogen-bond donors (Lipinski definition) is 1. The normalized spacial score (nSPS) is 11.3. The van der Waals surface area contributed by atoms with E-state index in [2.05, 4.69) is 29.6 Å². The zero-order chi connectivity index (χ0) is 24.7. The van der Waals surface area contributed by atoms with Crippen LogP contribution in [0.3, 0.4) is 0 Å². The summed E-state index contributed by atoms with van der Waals surface area (Å²) in [5.41, 5.74) is 3.61. The lowest BCUT2D eigenvalue weighted by Gasteiger charge is -2.19. The molecule has 0 atom stereocenters. The van der Waals surface area contributed by atoms with Crippen LogP contribution in [0.4, 0.5) is 5.69 Å². The van der Waals surface area contributed by atoms with Crippen molar-refractivity contribution in [2.45, 2.75) is 25.7 Å². The van der Waals surface area contributed by atoms with Gasteiger partial charge in [0.05, 0.1) is 17.7 Å². The Kier molecular flexibility index (Phi) is 8.31. The molecule has 34 heavy (non-hydrogen) atoms. The van der Waals surface area contributed by atoms with Gasteiger partial charge in [0.15, 0.2) is 6.61 Å². The van der Waals surface area contributed by atoms with Gasteiger partial charge in [-0.05, 0) is 48.4 Å². The fraction of sp³-hybridized carbons (Fsp3) is 0.269. The molecule has 0 saturated heterocycles. The number of anilines is 1. The summed E-state index contributed by atoms with van der Waals surface area (Å²) in [5.74, 6) is 0.475. The lowest BCUT2D eigenvalue weighted by molar-refractivity contribution is -0.118. The molecule has 1 amide bonds. The van der Waals surface area contributed by atoms with E-state index in [1.54, 1.807) is 26.0 Å². The van der Waals surface area contributed by atoms with Crippen LogP contribution in [0, 0.1) is 6.92 Å². The molecule has 0 spiro atoms. The number of carbonyl (C=O) groups excluding carboxylic acids is 1. The fourth-order valence-electron chi connectivity index (χ4n) is 3.48. The van der Waals surface area contributed by atoms with Gasteiger partial charge in [-0.3, -0.25) is 4.79 Å². The SMILES string of the molecule is CCN(CC)S(=O)(=O)c1ccc(OC)c(NC(=O)COc2ccc(-c3ccc(C)cc3)cc2)c1. The molecule has 7 nitrogen and oxygen atoms in total. The number of hydrogen-bond acceptors (Lipinski definition) is 5. The maximum Gasteiger partial charge on any atom is 0.262 e. The van der Waals surface area contributed by atoms with E-state index >= 15 is 0 Å². The Morgan fingerprint density at radius 1 is 0.912 bits per heavy atom. The largest absolute Gasteiger partial charge is 0.495 e. The average molecular weight is 483 g/mol. The smallest absolute Gasteiger partial charge is 0.262 e. The molecule has 8 heteroatoms. The van der Waals surface area contributed by atoms with Gasteiger partial charge in [0.2, 0.25) is 10.0 Å². The second kappa shape index (κ2) is 11.2. The van der Waals surface area contributed by atoms with E-state index in [0.29, 0.717) is 24.6 Å². The molecule has 0 aliphatic heterocycles. The van der Waals surface area contributed by atoms with Crippen molar-refractivity contribution in [3.63, 3.8) is 0 Å². The van der Waals surface area contributed by atoms with Crippen molar-refractivity contribution in [3.8, 4) is 22.6 Å². The Bertz CT molecular complexity index is 1220. The maximum absolute atomic E-state index is 12.8. The van der Waals surface area contributed by atoms with Crippen LogP contribution in [0.1, 0.15) is 19.4 Å². The number of amides is 1. The minimum atomic E-state index is -3.67. The highest BCUT2D eigenvalue weighted by molar-refractivity contribution is 7.89. The Hall–Kier alpha value is -3.36. The average Bonchev–Trinajstić information content (AvgIpc) is 2.84.